The van der Waals surface area contributed by atoms with Gasteiger partial charge in [-0.3, -0.25) is 9.78 Å². The summed E-state index contributed by atoms with van der Waals surface area (Å²) in [5.41, 5.74) is 0.612. The molecule has 0 saturated heterocycles. The predicted octanol–water partition coefficient (Wildman–Crippen LogP) is 3.47. The van der Waals surface area contributed by atoms with Gasteiger partial charge in [0.15, 0.2) is 0 Å². The smallest absolute Gasteiger partial charge is 0.405 e. The van der Waals surface area contributed by atoms with Gasteiger partial charge in [0, 0.05) is 28.9 Å². The van der Waals surface area contributed by atoms with E-state index in [0.29, 0.717) is 27.6 Å². The molecule has 3 aromatic rings. The Bertz CT molecular complexity index is 1080. The summed E-state index contributed by atoms with van der Waals surface area (Å²) in [6, 6.07) is 9.97. The molecule has 2 heterocycles. The number of benzene rings is 1. The molecule has 0 bridgehead atoms. The number of ether oxygens (including phenoxy) is 1. The van der Waals surface area contributed by atoms with Crippen molar-refractivity contribution in [3.8, 4) is 22.9 Å². The van der Waals surface area contributed by atoms with Crippen LogP contribution < -0.4 is 10.1 Å². The number of aromatic nitrogens is 2. The molecule has 6 nitrogen and oxygen atoms in total. The highest BCUT2D eigenvalue weighted by molar-refractivity contribution is 6.10. The highest BCUT2D eigenvalue weighted by Crippen LogP contribution is 2.34. The number of carbonyl (C=O) groups excluding carboxylic acids is 1. The molecule has 28 heavy (non-hydrogen) atoms. The van der Waals surface area contributed by atoms with E-state index >= 15 is 0 Å². The Kier molecular flexibility index (Phi) is 5.13. The van der Waals surface area contributed by atoms with E-state index in [1.54, 1.807) is 35.8 Å². The molecule has 142 valence electrons. The highest BCUT2D eigenvalue weighted by atomic mass is 19.4. The van der Waals surface area contributed by atoms with Gasteiger partial charge in [0.1, 0.15) is 29.8 Å². The highest BCUT2D eigenvalue weighted by Gasteiger charge is 2.29. The van der Waals surface area contributed by atoms with E-state index in [1.165, 1.54) is 19.4 Å². The van der Waals surface area contributed by atoms with E-state index in [9.17, 15) is 23.2 Å². The van der Waals surface area contributed by atoms with Crippen molar-refractivity contribution >= 4 is 16.7 Å². The van der Waals surface area contributed by atoms with Crippen molar-refractivity contribution in [1.82, 2.24) is 15.3 Å². The first-order chi connectivity index (χ1) is 13.3. The van der Waals surface area contributed by atoms with Gasteiger partial charge >= 0.3 is 6.18 Å². The zero-order valence-corrected chi connectivity index (χ0v) is 14.5. The van der Waals surface area contributed by atoms with Gasteiger partial charge in [-0.2, -0.15) is 18.4 Å². The molecule has 0 aliphatic heterocycles. The predicted molar refractivity (Wildman–Crippen MR) is 94.6 cm³/mol. The van der Waals surface area contributed by atoms with Crippen LogP contribution >= 0.6 is 0 Å². The summed E-state index contributed by atoms with van der Waals surface area (Å²) in [4.78, 5) is 20.4. The molecule has 0 aliphatic rings. The molecule has 0 fully saturated rings. The minimum Gasteiger partial charge on any atom is -0.497 e. The quantitative estimate of drug-likeness (QED) is 0.742. The number of methoxy groups -OCH3 is 1. The average molecular weight is 386 g/mol. The number of pyridine rings is 2. The van der Waals surface area contributed by atoms with Gasteiger partial charge in [-0.05, 0) is 29.7 Å². The summed E-state index contributed by atoms with van der Waals surface area (Å²) >= 11 is 0. The number of amides is 1. The molecule has 0 saturated carbocycles. The number of hydrogen-bond donors (Lipinski definition) is 1. The molecule has 1 amide bonds. The maximum absolute atomic E-state index is 12.5. The number of carbonyl (C=O) groups is 1. The minimum atomic E-state index is -4.57. The van der Waals surface area contributed by atoms with E-state index in [0.717, 1.165) is 0 Å². The Morgan fingerprint density at radius 3 is 2.68 bits per heavy atom. The summed E-state index contributed by atoms with van der Waals surface area (Å²) < 4.78 is 42.6. The first-order valence-corrected chi connectivity index (χ1v) is 8.01. The molecule has 0 aliphatic carbocycles. The van der Waals surface area contributed by atoms with Crippen LogP contribution in [0.2, 0.25) is 0 Å². The van der Waals surface area contributed by atoms with Crippen LogP contribution in [-0.4, -0.2) is 35.7 Å². The Balaban J connectivity index is 2.25. The number of rotatable bonds is 4. The molecule has 9 heteroatoms. The largest absolute Gasteiger partial charge is 0.497 e. The van der Waals surface area contributed by atoms with Crippen molar-refractivity contribution in [2.45, 2.75) is 6.18 Å². The van der Waals surface area contributed by atoms with Crippen LogP contribution in [0, 0.1) is 11.3 Å². The third-order valence-electron chi connectivity index (χ3n) is 3.93. The zero-order chi connectivity index (χ0) is 20.3. The topological polar surface area (TPSA) is 87.9 Å². The van der Waals surface area contributed by atoms with E-state index in [2.05, 4.69) is 9.97 Å². The third-order valence-corrected chi connectivity index (χ3v) is 3.93. The lowest BCUT2D eigenvalue weighted by Gasteiger charge is -2.14. The molecular formula is C19H13F3N4O2. The van der Waals surface area contributed by atoms with Gasteiger partial charge in [-0.25, -0.2) is 4.98 Å². The van der Waals surface area contributed by atoms with Crippen LogP contribution in [0.25, 0.3) is 21.9 Å². The lowest BCUT2D eigenvalue weighted by Crippen LogP contribution is -2.34. The Hall–Kier alpha value is -3.67. The van der Waals surface area contributed by atoms with Crippen molar-refractivity contribution in [3.63, 3.8) is 0 Å². The lowest BCUT2D eigenvalue weighted by atomic mass is 9.96. The number of halogens is 3. The van der Waals surface area contributed by atoms with Gasteiger partial charge in [-0.1, -0.05) is 6.07 Å². The fourth-order valence-corrected chi connectivity index (χ4v) is 2.74. The third kappa shape index (κ3) is 3.86. The van der Waals surface area contributed by atoms with Crippen LogP contribution in [0.4, 0.5) is 13.2 Å². The van der Waals surface area contributed by atoms with Crippen molar-refractivity contribution in [2.24, 2.45) is 0 Å². The second-order valence-electron chi connectivity index (χ2n) is 5.75. The van der Waals surface area contributed by atoms with Crippen LogP contribution in [0.15, 0.2) is 42.7 Å². The molecule has 0 atom stereocenters. The van der Waals surface area contributed by atoms with Gasteiger partial charge in [0.05, 0.1) is 7.11 Å². The minimum absolute atomic E-state index is 0.106. The maximum Gasteiger partial charge on any atom is 0.405 e. The van der Waals surface area contributed by atoms with Gasteiger partial charge < -0.3 is 10.1 Å². The number of nitrogens with zero attached hydrogens (tertiary/aromatic N) is 3. The summed E-state index contributed by atoms with van der Waals surface area (Å²) in [6.07, 6.45) is -1.48. The van der Waals surface area contributed by atoms with E-state index in [-0.39, 0.29) is 11.4 Å². The van der Waals surface area contributed by atoms with E-state index in [1.807, 2.05) is 6.07 Å². The second-order valence-corrected chi connectivity index (χ2v) is 5.75. The van der Waals surface area contributed by atoms with Crippen molar-refractivity contribution < 1.29 is 22.7 Å². The van der Waals surface area contributed by atoms with Gasteiger partial charge in [-0.15, -0.1) is 0 Å². The number of nitrogens with one attached hydrogen (secondary N) is 1. The second kappa shape index (κ2) is 7.52. The SMILES string of the molecule is COc1ccc2c(C(=O)NCC(F)(F)F)nc(C#N)c(-c3cccnc3)c2c1. The number of hydrogen-bond acceptors (Lipinski definition) is 5. The monoisotopic (exact) mass is 386 g/mol. The molecule has 0 unspecified atom stereocenters. The molecule has 1 N–H and O–H groups in total. The van der Waals surface area contributed by atoms with E-state index < -0.39 is 18.6 Å². The molecular weight excluding hydrogens is 373 g/mol. The zero-order valence-electron chi connectivity index (χ0n) is 14.5. The van der Waals surface area contributed by atoms with E-state index in [4.69, 9.17) is 4.74 Å². The summed E-state index contributed by atoms with van der Waals surface area (Å²) in [5, 5.41) is 12.1. The summed E-state index contributed by atoms with van der Waals surface area (Å²) in [6.45, 7) is -1.50. The van der Waals surface area contributed by atoms with Crippen LogP contribution in [0.1, 0.15) is 16.2 Å². The van der Waals surface area contributed by atoms with Crippen molar-refractivity contribution in [3.05, 3.63) is 54.1 Å². The molecule has 0 spiro atoms. The van der Waals surface area contributed by atoms with Crippen LogP contribution in [0.5, 0.6) is 5.75 Å². The molecule has 2 aromatic heterocycles. The standard InChI is InChI=1S/C19H13F3N4O2/c1-28-12-4-5-13-14(7-12)16(11-3-2-6-24-9-11)15(8-23)26-17(13)18(27)25-10-19(20,21)22/h2-7,9H,10H2,1H3,(H,25,27). The number of fused-ring (bicyclic) bond motifs is 1. The first-order valence-electron chi connectivity index (χ1n) is 8.01. The normalized spacial score (nSPS) is 11.1. The van der Waals surface area contributed by atoms with Crippen molar-refractivity contribution in [2.75, 3.05) is 13.7 Å². The summed E-state index contributed by atoms with van der Waals surface area (Å²) in [5.74, 6) is -0.573. The van der Waals surface area contributed by atoms with Gasteiger partial charge in [0.2, 0.25) is 0 Å². The molecule has 3 rings (SSSR count). The first kappa shape index (κ1) is 19.1. The Morgan fingerprint density at radius 2 is 2.07 bits per heavy atom. The Morgan fingerprint density at radius 1 is 1.29 bits per heavy atom. The van der Waals surface area contributed by atoms with Crippen LogP contribution in [0.3, 0.4) is 0 Å². The fourth-order valence-electron chi connectivity index (χ4n) is 2.74. The lowest BCUT2D eigenvalue weighted by molar-refractivity contribution is -0.123. The van der Waals surface area contributed by atoms with Gasteiger partial charge in [0.25, 0.3) is 5.91 Å². The number of alkyl halides is 3. The Labute approximate surface area is 157 Å². The molecule has 1 aromatic carbocycles. The summed E-state index contributed by atoms with van der Waals surface area (Å²) in [7, 11) is 1.45. The maximum atomic E-state index is 12.5. The van der Waals surface area contributed by atoms with Crippen molar-refractivity contribution in [1.29, 1.82) is 5.26 Å². The molecule has 0 radical (unpaired) electrons. The fraction of sp³-hybridized carbons (Fsp3) is 0.158. The van der Waals surface area contributed by atoms with Crippen LogP contribution in [-0.2, 0) is 0 Å². The number of nitriles is 1. The average Bonchev–Trinajstić information content (AvgIpc) is 2.70.